The molecular formula is C37H44O11. The molecule has 0 unspecified atom stereocenters. The Hall–Kier alpha value is -5.45. The molecule has 4 aromatic carbocycles. The zero-order valence-electron chi connectivity index (χ0n) is 29.1. The number of carbonyl (C=O) groups is 1. The van der Waals surface area contributed by atoms with Gasteiger partial charge in [0.1, 0.15) is 11.5 Å². The fraction of sp³-hybridized carbons (Fsp3) is 0.324. The van der Waals surface area contributed by atoms with Gasteiger partial charge in [-0.05, 0) is 37.1 Å². The number of rotatable bonds is 13. The number of phenolic OH excluding ortho intramolecular Hbond substituents is 2. The average molecular weight is 665 g/mol. The van der Waals surface area contributed by atoms with Crippen LogP contribution in [0.15, 0.2) is 42.5 Å². The summed E-state index contributed by atoms with van der Waals surface area (Å²) in [5.41, 5.74) is 4.96. The monoisotopic (exact) mass is 664 g/mol. The highest BCUT2D eigenvalue weighted by Crippen LogP contribution is 2.51. The summed E-state index contributed by atoms with van der Waals surface area (Å²) in [7, 11) is 12.4. The molecule has 0 aliphatic carbocycles. The molecule has 48 heavy (non-hydrogen) atoms. The first kappa shape index (κ1) is 37.0. The number of hydrogen-bond donors (Lipinski definition) is 2. The van der Waals surface area contributed by atoms with Gasteiger partial charge in [-0.2, -0.15) is 0 Å². The van der Waals surface area contributed by atoms with E-state index in [-0.39, 0.29) is 17.1 Å². The summed E-state index contributed by atoms with van der Waals surface area (Å²) in [4.78, 5) is 11.1. The van der Waals surface area contributed by atoms with Gasteiger partial charge >= 0.3 is 0 Å². The third-order valence-corrected chi connectivity index (χ3v) is 8.01. The van der Waals surface area contributed by atoms with Gasteiger partial charge in [0.15, 0.2) is 29.3 Å². The second kappa shape index (κ2) is 16.9. The second-order valence-corrected chi connectivity index (χ2v) is 10.4. The lowest BCUT2D eigenvalue weighted by atomic mass is 9.95. The highest BCUT2D eigenvalue weighted by molar-refractivity contribution is 5.80. The summed E-state index contributed by atoms with van der Waals surface area (Å²) < 4.78 is 43.9. The predicted molar refractivity (Wildman–Crippen MR) is 182 cm³/mol. The highest BCUT2D eigenvalue weighted by atomic mass is 16.6. The lowest BCUT2D eigenvalue weighted by Crippen LogP contribution is -2.05. The fourth-order valence-electron chi connectivity index (χ4n) is 5.62. The standard InChI is InChI=1S/C19H22O6.C18H22O5/c1-11-14(9-12-7-6-8-13(10-20)15(12)21)17(23-3)19(25-5)18(24-4)16(11)22-2;1-11-13(10-12-8-6-7-9-14(12)19)16(21-3)18(23-5)17(22-4)15(11)20-2/h6-8,10,21H,9H2,1-5H3;6-9,19H,10H2,1-5H3. The molecule has 0 atom stereocenters. The van der Waals surface area contributed by atoms with Gasteiger partial charge in [0.05, 0.1) is 62.4 Å². The molecule has 4 aromatic rings. The first-order valence-corrected chi connectivity index (χ1v) is 14.9. The topological polar surface area (TPSA) is 131 Å². The lowest BCUT2D eigenvalue weighted by Gasteiger charge is -2.22. The Morgan fingerprint density at radius 1 is 0.500 bits per heavy atom. The van der Waals surface area contributed by atoms with Crippen LogP contribution in [-0.4, -0.2) is 73.4 Å². The molecule has 0 heterocycles. The van der Waals surface area contributed by atoms with Crippen LogP contribution in [0.2, 0.25) is 0 Å². The van der Waals surface area contributed by atoms with Crippen LogP contribution in [0.5, 0.6) is 57.5 Å². The largest absolute Gasteiger partial charge is 0.508 e. The number of aromatic hydroxyl groups is 2. The summed E-state index contributed by atoms with van der Waals surface area (Å²) in [6.07, 6.45) is 1.44. The number of ether oxygens (including phenoxy) is 8. The Bertz CT molecular complexity index is 1730. The SMILES string of the molecule is COc1c(C)c(Cc2cccc(C=O)c2O)c(OC)c(OC)c1OC.COc1c(C)c(Cc2ccccc2O)c(OC)c(OC)c1OC. The van der Waals surface area contributed by atoms with Crippen LogP contribution in [-0.2, 0) is 12.8 Å². The molecule has 0 radical (unpaired) electrons. The van der Waals surface area contributed by atoms with E-state index in [1.165, 1.54) is 21.3 Å². The number of phenols is 2. The van der Waals surface area contributed by atoms with Crippen LogP contribution in [0.1, 0.15) is 43.7 Å². The number of hydrogen-bond acceptors (Lipinski definition) is 11. The second-order valence-electron chi connectivity index (χ2n) is 10.4. The molecular weight excluding hydrogens is 620 g/mol. The van der Waals surface area contributed by atoms with Crippen molar-refractivity contribution < 1.29 is 52.9 Å². The summed E-state index contributed by atoms with van der Waals surface area (Å²) in [6.45, 7) is 3.80. The number of methoxy groups -OCH3 is 8. The molecule has 0 bridgehead atoms. The van der Waals surface area contributed by atoms with Gasteiger partial charge in [0, 0.05) is 35.1 Å². The number of carbonyl (C=O) groups excluding carboxylic acids is 1. The minimum atomic E-state index is -0.0484. The van der Waals surface area contributed by atoms with Crippen molar-refractivity contribution in [3.05, 3.63) is 81.4 Å². The van der Waals surface area contributed by atoms with E-state index in [1.54, 1.807) is 65.9 Å². The number of benzene rings is 4. The van der Waals surface area contributed by atoms with Gasteiger partial charge in [-0.15, -0.1) is 0 Å². The van der Waals surface area contributed by atoms with Crippen molar-refractivity contribution in [3.8, 4) is 57.5 Å². The Kier molecular flexibility index (Phi) is 13.0. The molecule has 11 nitrogen and oxygen atoms in total. The molecule has 2 N–H and O–H groups in total. The minimum Gasteiger partial charge on any atom is -0.508 e. The molecule has 11 heteroatoms. The molecule has 258 valence electrons. The Morgan fingerprint density at radius 2 is 0.875 bits per heavy atom. The van der Waals surface area contributed by atoms with Gasteiger partial charge in [-0.1, -0.05) is 30.3 Å². The molecule has 0 aliphatic heterocycles. The smallest absolute Gasteiger partial charge is 0.207 e. The van der Waals surface area contributed by atoms with E-state index < -0.39 is 0 Å². The molecule has 0 saturated carbocycles. The van der Waals surface area contributed by atoms with Crippen LogP contribution in [0.4, 0.5) is 0 Å². The molecule has 0 fully saturated rings. The van der Waals surface area contributed by atoms with Crippen LogP contribution in [0, 0.1) is 13.8 Å². The Labute approximate surface area is 281 Å². The number of para-hydroxylation sites is 2. The van der Waals surface area contributed by atoms with Crippen molar-refractivity contribution in [2.45, 2.75) is 26.7 Å². The fourth-order valence-corrected chi connectivity index (χ4v) is 5.62. The number of aldehydes is 1. The maximum absolute atomic E-state index is 11.1. The maximum atomic E-state index is 11.1. The molecule has 0 aromatic heterocycles. The van der Waals surface area contributed by atoms with Crippen molar-refractivity contribution in [1.82, 2.24) is 0 Å². The van der Waals surface area contributed by atoms with Crippen LogP contribution in [0.25, 0.3) is 0 Å². The van der Waals surface area contributed by atoms with E-state index in [9.17, 15) is 15.0 Å². The summed E-state index contributed by atoms with van der Waals surface area (Å²) in [6, 6.07) is 12.2. The van der Waals surface area contributed by atoms with Crippen molar-refractivity contribution in [3.63, 3.8) is 0 Å². The average Bonchev–Trinajstić information content (AvgIpc) is 3.10. The zero-order valence-corrected chi connectivity index (χ0v) is 29.1. The van der Waals surface area contributed by atoms with E-state index >= 15 is 0 Å². The van der Waals surface area contributed by atoms with E-state index in [0.717, 1.165) is 27.8 Å². The zero-order chi connectivity index (χ0) is 35.5. The Morgan fingerprint density at radius 3 is 1.27 bits per heavy atom. The maximum Gasteiger partial charge on any atom is 0.207 e. The van der Waals surface area contributed by atoms with E-state index in [1.807, 2.05) is 26.0 Å². The Balaban J connectivity index is 0.000000261. The molecule has 0 saturated heterocycles. The molecule has 0 aliphatic rings. The van der Waals surface area contributed by atoms with Crippen molar-refractivity contribution in [2.75, 3.05) is 56.9 Å². The van der Waals surface area contributed by atoms with E-state index in [2.05, 4.69) is 0 Å². The van der Waals surface area contributed by atoms with Crippen molar-refractivity contribution in [1.29, 1.82) is 0 Å². The lowest BCUT2D eigenvalue weighted by molar-refractivity contribution is 0.112. The quantitative estimate of drug-likeness (QED) is 0.153. The van der Waals surface area contributed by atoms with Crippen LogP contribution >= 0.6 is 0 Å². The predicted octanol–water partition coefficient (Wildman–Crippen LogP) is 6.46. The first-order chi connectivity index (χ1) is 23.1. The third kappa shape index (κ3) is 7.25. The molecule has 0 amide bonds. The minimum absolute atomic E-state index is 0.0484. The van der Waals surface area contributed by atoms with E-state index in [4.69, 9.17) is 37.9 Å². The van der Waals surface area contributed by atoms with Gasteiger partial charge in [0.25, 0.3) is 0 Å². The van der Waals surface area contributed by atoms with Crippen LogP contribution < -0.4 is 37.9 Å². The summed E-state index contributed by atoms with van der Waals surface area (Å²) in [5, 5.41) is 20.4. The molecule has 4 rings (SSSR count). The normalized spacial score (nSPS) is 10.3. The van der Waals surface area contributed by atoms with Crippen LogP contribution in [0.3, 0.4) is 0 Å². The van der Waals surface area contributed by atoms with Gasteiger partial charge < -0.3 is 48.1 Å². The van der Waals surface area contributed by atoms with Crippen molar-refractivity contribution >= 4 is 6.29 Å². The summed E-state index contributed by atoms with van der Waals surface area (Å²) in [5.74, 6) is 4.20. The summed E-state index contributed by atoms with van der Waals surface area (Å²) >= 11 is 0. The molecule has 0 spiro atoms. The first-order valence-electron chi connectivity index (χ1n) is 14.9. The van der Waals surface area contributed by atoms with Crippen molar-refractivity contribution in [2.24, 2.45) is 0 Å². The van der Waals surface area contributed by atoms with Gasteiger partial charge in [-0.3, -0.25) is 4.79 Å². The van der Waals surface area contributed by atoms with Gasteiger partial charge in [0.2, 0.25) is 23.0 Å². The van der Waals surface area contributed by atoms with E-state index in [0.29, 0.717) is 70.7 Å². The third-order valence-electron chi connectivity index (χ3n) is 8.01. The highest BCUT2D eigenvalue weighted by Gasteiger charge is 2.27. The van der Waals surface area contributed by atoms with Gasteiger partial charge in [-0.25, -0.2) is 0 Å².